The van der Waals surface area contributed by atoms with Crippen molar-refractivity contribution < 1.29 is 4.79 Å². The Balaban J connectivity index is 1.93. The first-order valence-corrected chi connectivity index (χ1v) is 7.93. The van der Waals surface area contributed by atoms with Gasteiger partial charge in [-0.05, 0) is 24.1 Å². The molecule has 0 saturated carbocycles. The summed E-state index contributed by atoms with van der Waals surface area (Å²) in [7, 11) is 2.14. The number of likely N-dealkylation sites (N-methyl/N-ethyl adjacent to an activating group) is 1. The van der Waals surface area contributed by atoms with Crippen molar-refractivity contribution in [3.63, 3.8) is 0 Å². The van der Waals surface area contributed by atoms with E-state index in [2.05, 4.69) is 34.4 Å². The van der Waals surface area contributed by atoms with Crippen molar-refractivity contribution in [1.82, 2.24) is 15.2 Å². The number of hydrazine groups is 1. The minimum Gasteiger partial charge on any atom is -0.304 e. The number of rotatable bonds is 3. The smallest absolute Gasteiger partial charge is 0.275 e. The number of nitrogens with one attached hydrogen (secondary N) is 1. The summed E-state index contributed by atoms with van der Waals surface area (Å²) in [6, 6.07) is 8.17. The van der Waals surface area contributed by atoms with Crippen LogP contribution in [0.25, 0.3) is 10.1 Å². The summed E-state index contributed by atoms with van der Waals surface area (Å²) in [5.41, 5.74) is 3.37. The van der Waals surface area contributed by atoms with Gasteiger partial charge in [0.05, 0.1) is 4.88 Å². The van der Waals surface area contributed by atoms with E-state index in [1.165, 1.54) is 16.7 Å². The predicted molar refractivity (Wildman–Crippen MR) is 86.3 cm³/mol. The Hall–Kier alpha value is -1.47. The number of fused-ring (bicyclic) bond motifs is 1. The SMILES string of the molecule is CN1CCN(Cc2c(C(=O)NN)sc3ccccc23)CC1. The van der Waals surface area contributed by atoms with Crippen LogP contribution in [0.15, 0.2) is 24.3 Å². The van der Waals surface area contributed by atoms with Gasteiger partial charge >= 0.3 is 0 Å². The molecule has 0 aliphatic carbocycles. The molecule has 1 amide bonds. The van der Waals surface area contributed by atoms with Gasteiger partial charge in [0.2, 0.25) is 0 Å². The summed E-state index contributed by atoms with van der Waals surface area (Å²) in [4.78, 5) is 17.5. The number of carbonyl (C=O) groups excluding carboxylic acids is 1. The fraction of sp³-hybridized carbons (Fsp3) is 0.400. The minimum atomic E-state index is -0.194. The van der Waals surface area contributed by atoms with Gasteiger partial charge in [0.25, 0.3) is 5.91 Å². The molecule has 112 valence electrons. The highest BCUT2D eigenvalue weighted by molar-refractivity contribution is 7.21. The number of thiophene rings is 1. The zero-order valence-electron chi connectivity index (χ0n) is 12.1. The van der Waals surface area contributed by atoms with Crippen LogP contribution in [0.1, 0.15) is 15.2 Å². The summed E-state index contributed by atoms with van der Waals surface area (Å²) in [6.45, 7) is 5.01. The third-order valence-electron chi connectivity index (χ3n) is 4.01. The molecule has 3 rings (SSSR count). The Morgan fingerprint density at radius 1 is 1.29 bits per heavy atom. The summed E-state index contributed by atoms with van der Waals surface area (Å²) in [6.07, 6.45) is 0. The van der Waals surface area contributed by atoms with Crippen LogP contribution in [0, 0.1) is 0 Å². The topological polar surface area (TPSA) is 61.6 Å². The molecule has 6 heteroatoms. The van der Waals surface area contributed by atoms with Gasteiger partial charge in [-0.3, -0.25) is 15.1 Å². The Bertz CT molecular complexity index is 646. The molecule has 3 N–H and O–H groups in total. The number of nitrogen functional groups attached to an aromatic ring is 1. The molecule has 2 heterocycles. The second kappa shape index (κ2) is 6.11. The molecule has 2 aromatic rings. The van der Waals surface area contributed by atoms with Gasteiger partial charge in [0.15, 0.2) is 0 Å². The molecular weight excluding hydrogens is 284 g/mol. The maximum absolute atomic E-state index is 12.0. The summed E-state index contributed by atoms with van der Waals surface area (Å²) < 4.78 is 1.14. The molecule has 21 heavy (non-hydrogen) atoms. The fourth-order valence-corrected chi connectivity index (χ4v) is 3.85. The lowest BCUT2D eigenvalue weighted by atomic mass is 10.1. The minimum absolute atomic E-state index is 0.194. The van der Waals surface area contributed by atoms with E-state index in [0.717, 1.165) is 47.9 Å². The van der Waals surface area contributed by atoms with E-state index in [4.69, 9.17) is 5.84 Å². The lowest BCUT2D eigenvalue weighted by Gasteiger charge is -2.32. The van der Waals surface area contributed by atoms with Gasteiger partial charge in [0, 0.05) is 37.4 Å². The highest BCUT2D eigenvalue weighted by Crippen LogP contribution is 2.32. The molecule has 0 atom stereocenters. The molecule has 0 unspecified atom stereocenters. The molecule has 1 aromatic carbocycles. The quantitative estimate of drug-likeness (QED) is 0.509. The Morgan fingerprint density at radius 2 is 2.00 bits per heavy atom. The first kappa shape index (κ1) is 14.5. The zero-order valence-corrected chi connectivity index (χ0v) is 12.9. The largest absolute Gasteiger partial charge is 0.304 e. The van der Waals surface area contributed by atoms with Crippen molar-refractivity contribution in [2.75, 3.05) is 33.2 Å². The van der Waals surface area contributed by atoms with Crippen LogP contribution in [0.3, 0.4) is 0 Å². The van der Waals surface area contributed by atoms with Gasteiger partial charge in [0.1, 0.15) is 0 Å². The average Bonchev–Trinajstić information content (AvgIpc) is 2.88. The van der Waals surface area contributed by atoms with Crippen molar-refractivity contribution in [1.29, 1.82) is 0 Å². The zero-order chi connectivity index (χ0) is 14.8. The van der Waals surface area contributed by atoms with Crippen molar-refractivity contribution >= 4 is 27.3 Å². The Morgan fingerprint density at radius 3 is 2.71 bits per heavy atom. The molecule has 1 fully saturated rings. The Labute approximate surface area is 128 Å². The van der Waals surface area contributed by atoms with Crippen molar-refractivity contribution in [3.05, 3.63) is 34.7 Å². The third kappa shape index (κ3) is 2.94. The predicted octanol–water partition coefficient (Wildman–Crippen LogP) is 1.25. The van der Waals surface area contributed by atoms with E-state index in [1.807, 2.05) is 12.1 Å². The molecule has 0 spiro atoms. The summed E-state index contributed by atoms with van der Waals surface area (Å²) in [5, 5.41) is 1.17. The van der Waals surface area contributed by atoms with Crippen LogP contribution < -0.4 is 11.3 Å². The van der Waals surface area contributed by atoms with Crippen LogP contribution in [0.5, 0.6) is 0 Å². The molecular formula is C15H20N4OS. The van der Waals surface area contributed by atoms with Crippen LogP contribution >= 0.6 is 11.3 Å². The summed E-state index contributed by atoms with van der Waals surface area (Å²) in [5.74, 6) is 5.14. The second-order valence-corrected chi connectivity index (χ2v) is 6.51. The number of hydrogen-bond donors (Lipinski definition) is 2. The standard InChI is InChI=1S/C15H20N4OS/c1-18-6-8-19(9-7-18)10-12-11-4-2-3-5-13(11)21-14(12)15(20)17-16/h2-5H,6-10,16H2,1H3,(H,17,20). The molecule has 1 aliphatic rings. The lowest BCUT2D eigenvalue weighted by Crippen LogP contribution is -2.44. The van der Waals surface area contributed by atoms with E-state index in [-0.39, 0.29) is 5.91 Å². The van der Waals surface area contributed by atoms with Gasteiger partial charge in [-0.25, -0.2) is 5.84 Å². The van der Waals surface area contributed by atoms with Crippen molar-refractivity contribution in [2.45, 2.75) is 6.54 Å². The summed E-state index contributed by atoms with van der Waals surface area (Å²) >= 11 is 1.52. The molecule has 5 nitrogen and oxygen atoms in total. The van der Waals surface area contributed by atoms with Gasteiger partial charge < -0.3 is 4.90 Å². The molecule has 0 bridgehead atoms. The number of carbonyl (C=O) groups is 1. The highest BCUT2D eigenvalue weighted by Gasteiger charge is 2.21. The van der Waals surface area contributed by atoms with Crippen molar-refractivity contribution in [3.8, 4) is 0 Å². The highest BCUT2D eigenvalue weighted by atomic mass is 32.1. The second-order valence-electron chi connectivity index (χ2n) is 5.46. The molecule has 0 radical (unpaired) electrons. The Kier molecular flexibility index (Phi) is 4.21. The molecule has 1 aliphatic heterocycles. The normalized spacial score (nSPS) is 17.2. The number of nitrogens with two attached hydrogens (primary N) is 1. The van der Waals surface area contributed by atoms with E-state index in [0.29, 0.717) is 0 Å². The van der Waals surface area contributed by atoms with Crippen LogP contribution in [-0.2, 0) is 6.54 Å². The first-order chi connectivity index (χ1) is 10.2. The van der Waals surface area contributed by atoms with Gasteiger partial charge in [-0.1, -0.05) is 18.2 Å². The van der Waals surface area contributed by atoms with Crippen LogP contribution in [0.4, 0.5) is 0 Å². The number of hydrogen-bond acceptors (Lipinski definition) is 5. The van der Waals surface area contributed by atoms with E-state index in [9.17, 15) is 4.79 Å². The van der Waals surface area contributed by atoms with Crippen LogP contribution in [0.2, 0.25) is 0 Å². The average molecular weight is 304 g/mol. The number of benzene rings is 1. The molecule has 1 aromatic heterocycles. The van der Waals surface area contributed by atoms with E-state index < -0.39 is 0 Å². The fourth-order valence-electron chi connectivity index (χ4n) is 2.73. The van der Waals surface area contributed by atoms with Crippen molar-refractivity contribution in [2.24, 2.45) is 5.84 Å². The third-order valence-corrected chi connectivity index (χ3v) is 5.23. The number of nitrogens with zero attached hydrogens (tertiary/aromatic N) is 2. The van der Waals surface area contributed by atoms with E-state index >= 15 is 0 Å². The van der Waals surface area contributed by atoms with E-state index in [1.54, 1.807) is 0 Å². The number of piperazine rings is 1. The monoisotopic (exact) mass is 304 g/mol. The maximum Gasteiger partial charge on any atom is 0.275 e. The number of amides is 1. The first-order valence-electron chi connectivity index (χ1n) is 7.11. The lowest BCUT2D eigenvalue weighted by molar-refractivity contribution is 0.0954. The van der Waals surface area contributed by atoms with Crippen LogP contribution in [-0.4, -0.2) is 48.9 Å². The van der Waals surface area contributed by atoms with Gasteiger partial charge in [-0.2, -0.15) is 0 Å². The van der Waals surface area contributed by atoms with Gasteiger partial charge in [-0.15, -0.1) is 11.3 Å². The molecule has 1 saturated heterocycles. The maximum atomic E-state index is 12.0.